The van der Waals surface area contributed by atoms with E-state index in [1.54, 1.807) is 19.1 Å². The van der Waals surface area contributed by atoms with Crippen LogP contribution in [-0.2, 0) is 4.79 Å². The summed E-state index contributed by atoms with van der Waals surface area (Å²) in [6.07, 6.45) is 0. The molecule has 0 radical (unpaired) electrons. The SMILES string of the molecule is CCOc1ccccc1N[C@H](C)C(=O)O. The fraction of sp³-hybridized carbons (Fsp3) is 0.364. The van der Waals surface area contributed by atoms with E-state index >= 15 is 0 Å². The summed E-state index contributed by atoms with van der Waals surface area (Å²) in [5.41, 5.74) is 0.703. The Hall–Kier alpha value is -1.71. The molecule has 0 unspecified atom stereocenters. The molecule has 0 aliphatic heterocycles. The third-order valence-corrected chi connectivity index (χ3v) is 1.93. The van der Waals surface area contributed by atoms with E-state index in [9.17, 15) is 4.79 Å². The third-order valence-electron chi connectivity index (χ3n) is 1.93. The fourth-order valence-corrected chi connectivity index (χ4v) is 1.16. The molecule has 0 aliphatic rings. The Morgan fingerprint density at radius 3 is 2.80 bits per heavy atom. The lowest BCUT2D eigenvalue weighted by molar-refractivity contribution is -0.137. The van der Waals surface area contributed by atoms with Gasteiger partial charge in [-0.25, -0.2) is 0 Å². The molecule has 0 saturated carbocycles. The van der Waals surface area contributed by atoms with E-state index in [0.29, 0.717) is 18.0 Å². The lowest BCUT2D eigenvalue weighted by atomic mass is 10.2. The Morgan fingerprint density at radius 2 is 2.20 bits per heavy atom. The number of hydrogen-bond acceptors (Lipinski definition) is 3. The number of carboxylic acid groups (broad SMARTS) is 1. The predicted molar refractivity (Wildman–Crippen MR) is 58.3 cm³/mol. The van der Waals surface area contributed by atoms with Crippen molar-refractivity contribution in [3.05, 3.63) is 24.3 Å². The molecule has 15 heavy (non-hydrogen) atoms. The van der Waals surface area contributed by atoms with E-state index in [0.717, 1.165) is 0 Å². The average molecular weight is 209 g/mol. The van der Waals surface area contributed by atoms with Gasteiger partial charge in [-0.15, -0.1) is 0 Å². The Labute approximate surface area is 88.9 Å². The summed E-state index contributed by atoms with van der Waals surface area (Å²) >= 11 is 0. The largest absolute Gasteiger partial charge is 0.492 e. The zero-order valence-electron chi connectivity index (χ0n) is 8.86. The molecule has 1 rings (SSSR count). The lowest BCUT2D eigenvalue weighted by Gasteiger charge is -2.14. The van der Waals surface area contributed by atoms with Crippen LogP contribution in [0.1, 0.15) is 13.8 Å². The molecule has 1 atom stereocenters. The van der Waals surface area contributed by atoms with Crippen LogP contribution in [0.2, 0.25) is 0 Å². The maximum absolute atomic E-state index is 10.7. The number of anilines is 1. The second kappa shape index (κ2) is 5.24. The summed E-state index contributed by atoms with van der Waals surface area (Å²) in [7, 11) is 0. The third kappa shape index (κ3) is 3.16. The van der Waals surface area contributed by atoms with Crippen LogP contribution in [-0.4, -0.2) is 23.7 Å². The van der Waals surface area contributed by atoms with Gasteiger partial charge >= 0.3 is 5.97 Å². The summed E-state index contributed by atoms with van der Waals surface area (Å²) in [6.45, 7) is 4.03. The molecular formula is C11H15NO3. The quantitative estimate of drug-likeness (QED) is 0.778. The Kier molecular flexibility index (Phi) is 3.97. The van der Waals surface area contributed by atoms with Gasteiger partial charge in [0.15, 0.2) is 0 Å². The highest BCUT2D eigenvalue weighted by Crippen LogP contribution is 2.24. The minimum atomic E-state index is -0.888. The van der Waals surface area contributed by atoms with Crippen molar-refractivity contribution >= 4 is 11.7 Å². The summed E-state index contributed by atoms with van der Waals surface area (Å²) in [5, 5.41) is 11.6. The topological polar surface area (TPSA) is 58.6 Å². The van der Waals surface area contributed by atoms with Crippen LogP contribution in [0.4, 0.5) is 5.69 Å². The molecule has 0 spiro atoms. The number of nitrogens with one attached hydrogen (secondary N) is 1. The highest BCUT2D eigenvalue weighted by molar-refractivity contribution is 5.77. The van der Waals surface area contributed by atoms with E-state index in [4.69, 9.17) is 9.84 Å². The van der Waals surface area contributed by atoms with Gasteiger partial charge in [0.25, 0.3) is 0 Å². The monoisotopic (exact) mass is 209 g/mol. The predicted octanol–water partition coefficient (Wildman–Crippen LogP) is 1.97. The maximum atomic E-state index is 10.7. The maximum Gasteiger partial charge on any atom is 0.325 e. The van der Waals surface area contributed by atoms with Crippen molar-refractivity contribution in [2.75, 3.05) is 11.9 Å². The van der Waals surface area contributed by atoms with Gasteiger partial charge in [-0.2, -0.15) is 0 Å². The summed E-state index contributed by atoms with van der Waals surface area (Å²) in [5.74, 6) is -0.214. The van der Waals surface area contributed by atoms with Gasteiger partial charge in [0.2, 0.25) is 0 Å². The first kappa shape index (κ1) is 11.4. The molecule has 0 saturated heterocycles. The van der Waals surface area contributed by atoms with E-state index in [1.807, 2.05) is 19.1 Å². The van der Waals surface area contributed by atoms with Gasteiger partial charge in [-0.3, -0.25) is 4.79 Å². The molecule has 0 aromatic heterocycles. The number of rotatable bonds is 5. The molecule has 1 aromatic rings. The van der Waals surface area contributed by atoms with Gasteiger partial charge in [-0.05, 0) is 26.0 Å². The first-order valence-electron chi connectivity index (χ1n) is 4.86. The number of para-hydroxylation sites is 2. The zero-order chi connectivity index (χ0) is 11.3. The molecule has 0 aliphatic carbocycles. The van der Waals surface area contributed by atoms with Crippen LogP contribution >= 0.6 is 0 Å². The Morgan fingerprint density at radius 1 is 1.53 bits per heavy atom. The fourth-order valence-electron chi connectivity index (χ4n) is 1.16. The van der Waals surface area contributed by atoms with E-state index in [-0.39, 0.29) is 0 Å². The first-order chi connectivity index (χ1) is 7.15. The van der Waals surface area contributed by atoms with Crippen LogP contribution in [0.3, 0.4) is 0 Å². The van der Waals surface area contributed by atoms with Gasteiger partial charge in [0.05, 0.1) is 12.3 Å². The summed E-state index contributed by atoms with van der Waals surface area (Å²) in [6, 6.07) is 6.65. The van der Waals surface area contributed by atoms with Crippen molar-refractivity contribution in [2.45, 2.75) is 19.9 Å². The van der Waals surface area contributed by atoms with Crippen LogP contribution in [0.15, 0.2) is 24.3 Å². The van der Waals surface area contributed by atoms with Crippen molar-refractivity contribution in [1.82, 2.24) is 0 Å². The van der Waals surface area contributed by atoms with Crippen LogP contribution in [0.25, 0.3) is 0 Å². The van der Waals surface area contributed by atoms with Crippen molar-refractivity contribution in [3.63, 3.8) is 0 Å². The standard InChI is InChI=1S/C11H15NO3/c1-3-15-10-7-5-4-6-9(10)12-8(2)11(13)14/h4-8,12H,3H2,1-2H3,(H,13,14)/t8-/m1/s1. The number of aliphatic carboxylic acids is 1. The molecule has 4 heteroatoms. The molecular weight excluding hydrogens is 194 g/mol. The molecule has 1 aromatic carbocycles. The number of ether oxygens (including phenoxy) is 1. The lowest BCUT2D eigenvalue weighted by Crippen LogP contribution is -2.25. The highest BCUT2D eigenvalue weighted by Gasteiger charge is 2.12. The van der Waals surface area contributed by atoms with Crippen molar-refractivity contribution < 1.29 is 14.6 Å². The normalized spacial score (nSPS) is 11.9. The van der Waals surface area contributed by atoms with Crippen LogP contribution in [0, 0.1) is 0 Å². The second-order valence-electron chi connectivity index (χ2n) is 3.13. The minimum Gasteiger partial charge on any atom is -0.492 e. The number of carboxylic acids is 1. The minimum absolute atomic E-state index is 0.556. The molecule has 0 bridgehead atoms. The van der Waals surface area contributed by atoms with Gasteiger partial charge < -0.3 is 15.2 Å². The molecule has 0 fully saturated rings. The second-order valence-corrected chi connectivity index (χ2v) is 3.13. The summed E-state index contributed by atoms with van der Waals surface area (Å²) < 4.78 is 5.36. The number of carbonyl (C=O) groups is 1. The van der Waals surface area contributed by atoms with E-state index < -0.39 is 12.0 Å². The van der Waals surface area contributed by atoms with Crippen LogP contribution in [0.5, 0.6) is 5.75 Å². The Balaban J connectivity index is 2.79. The zero-order valence-corrected chi connectivity index (χ0v) is 8.86. The van der Waals surface area contributed by atoms with Crippen molar-refractivity contribution in [3.8, 4) is 5.75 Å². The highest BCUT2D eigenvalue weighted by atomic mass is 16.5. The molecule has 82 valence electrons. The van der Waals surface area contributed by atoms with Gasteiger partial charge in [0, 0.05) is 0 Å². The molecule has 0 amide bonds. The van der Waals surface area contributed by atoms with E-state index in [2.05, 4.69) is 5.32 Å². The van der Waals surface area contributed by atoms with Crippen molar-refractivity contribution in [1.29, 1.82) is 0 Å². The van der Waals surface area contributed by atoms with Crippen LogP contribution < -0.4 is 10.1 Å². The van der Waals surface area contributed by atoms with Gasteiger partial charge in [0.1, 0.15) is 11.8 Å². The smallest absolute Gasteiger partial charge is 0.325 e. The van der Waals surface area contributed by atoms with Crippen molar-refractivity contribution in [2.24, 2.45) is 0 Å². The van der Waals surface area contributed by atoms with E-state index in [1.165, 1.54) is 0 Å². The summed E-state index contributed by atoms with van der Waals surface area (Å²) in [4.78, 5) is 10.7. The molecule has 2 N–H and O–H groups in total. The Bertz CT molecular complexity index is 338. The molecule has 0 heterocycles. The average Bonchev–Trinajstić information content (AvgIpc) is 2.21. The molecule has 4 nitrogen and oxygen atoms in total. The first-order valence-corrected chi connectivity index (χ1v) is 4.86. The number of benzene rings is 1. The van der Waals surface area contributed by atoms with Gasteiger partial charge in [-0.1, -0.05) is 12.1 Å². The number of hydrogen-bond donors (Lipinski definition) is 2.